The first-order chi connectivity index (χ1) is 15.7. The van der Waals surface area contributed by atoms with Gasteiger partial charge in [0, 0.05) is 17.8 Å². The molecule has 182 valence electrons. The van der Waals surface area contributed by atoms with E-state index in [1.54, 1.807) is 12.1 Å². The Hall–Kier alpha value is -2.26. The van der Waals surface area contributed by atoms with Gasteiger partial charge in [0.1, 0.15) is 0 Å². The smallest absolute Gasteiger partial charge is 0.215 e. The zero-order chi connectivity index (χ0) is 24.3. The molecule has 2 rings (SSSR count). The van der Waals surface area contributed by atoms with Crippen LogP contribution in [0.1, 0.15) is 64.7 Å². The Bertz CT molecular complexity index is 1000. The molecule has 9 heteroatoms. The molecule has 0 fully saturated rings. The fourth-order valence-corrected chi connectivity index (χ4v) is 8.44. The van der Waals surface area contributed by atoms with Crippen molar-refractivity contribution in [3.8, 4) is 0 Å². The summed E-state index contributed by atoms with van der Waals surface area (Å²) in [7, 11) is -8.75. The highest BCUT2D eigenvalue weighted by atomic mass is 32.3. The van der Waals surface area contributed by atoms with Crippen LogP contribution < -0.4 is 0 Å². The van der Waals surface area contributed by atoms with Crippen LogP contribution in [0.2, 0.25) is 0 Å². The van der Waals surface area contributed by atoms with E-state index >= 15 is 0 Å². The molecule has 0 N–H and O–H groups in total. The van der Waals surface area contributed by atoms with Crippen LogP contribution in [-0.2, 0) is 19.7 Å². The summed E-state index contributed by atoms with van der Waals surface area (Å²) in [4.78, 5) is 10.9. The van der Waals surface area contributed by atoms with Gasteiger partial charge in [-0.15, -0.1) is 0 Å². The Morgan fingerprint density at radius 1 is 0.727 bits per heavy atom. The monoisotopic (exact) mass is 495 g/mol. The topological polar surface area (TPSA) is 111 Å². The van der Waals surface area contributed by atoms with Crippen molar-refractivity contribution in [2.24, 2.45) is 0 Å². The minimum Gasteiger partial charge on any atom is -0.264 e. The normalized spacial score (nSPS) is 13.2. The van der Waals surface area contributed by atoms with Gasteiger partial charge in [0.2, 0.25) is 6.04 Å². The highest BCUT2D eigenvalue weighted by Gasteiger charge is 2.43. The summed E-state index contributed by atoms with van der Waals surface area (Å²) < 4.78 is 51.6. The molecule has 0 heterocycles. The van der Waals surface area contributed by atoms with Gasteiger partial charge >= 0.3 is 0 Å². The van der Waals surface area contributed by atoms with Crippen LogP contribution in [0, 0.1) is 10.1 Å². The van der Waals surface area contributed by atoms with E-state index in [-0.39, 0.29) is 16.2 Å². The maximum absolute atomic E-state index is 13.4. The second kappa shape index (κ2) is 12.8. The Morgan fingerprint density at radius 3 is 1.58 bits per heavy atom. The maximum Gasteiger partial charge on any atom is 0.215 e. The summed E-state index contributed by atoms with van der Waals surface area (Å²) in [5, 5.41) is 11.8. The van der Waals surface area contributed by atoms with Gasteiger partial charge in [0.15, 0.2) is 24.3 Å². The number of nitro groups is 1. The van der Waals surface area contributed by atoms with E-state index in [1.807, 2.05) is 0 Å². The standard InChI is InChI=1S/C24H33NO6S2/c1-2-3-4-5-6-7-10-15-21(25(26)27)20-24(32(28,29)22-16-11-8-12-17-22)33(30,31)23-18-13-9-14-19-23/h8-9,11-14,16-19,21,24H,2-7,10,15,20H2,1H3/t21-/m1/s1. The predicted molar refractivity (Wildman–Crippen MR) is 129 cm³/mol. The minimum absolute atomic E-state index is 0.145. The molecule has 33 heavy (non-hydrogen) atoms. The third-order valence-corrected chi connectivity index (χ3v) is 10.9. The molecule has 7 nitrogen and oxygen atoms in total. The molecule has 0 aliphatic carbocycles. The van der Waals surface area contributed by atoms with E-state index in [1.165, 1.54) is 48.5 Å². The molecule has 0 aromatic heterocycles. The summed E-state index contributed by atoms with van der Waals surface area (Å²) >= 11 is 0. The Labute approximate surface area is 197 Å². The molecule has 0 spiro atoms. The highest BCUT2D eigenvalue weighted by Crippen LogP contribution is 2.30. The van der Waals surface area contributed by atoms with Crippen LogP contribution in [0.4, 0.5) is 0 Å². The summed E-state index contributed by atoms with van der Waals surface area (Å²) in [6.45, 7) is 2.13. The third kappa shape index (κ3) is 7.64. The lowest BCUT2D eigenvalue weighted by molar-refractivity contribution is -0.524. The Balaban J connectivity index is 2.28. The van der Waals surface area contributed by atoms with Crippen molar-refractivity contribution in [1.82, 2.24) is 0 Å². The number of unbranched alkanes of at least 4 members (excludes halogenated alkanes) is 6. The molecule has 0 saturated carbocycles. The first kappa shape index (κ1) is 27.0. The molecule has 0 unspecified atom stereocenters. The Morgan fingerprint density at radius 2 is 1.15 bits per heavy atom. The van der Waals surface area contributed by atoms with Gasteiger partial charge in [-0.25, -0.2) is 16.8 Å². The van der Waals surface area contributed by atoms with Crippen LogP contribution in [0.3, 0.4) is 0 Å². The summed E-state index contributed by atoms with van der Waals surface area (Å²) in [6.07, 6.45) is 6.36. The van der Waals surface area contributed by atoms with E-state index in [4.69, 9.17) is 0 Å². The molecular formula is C24H33NO6S2. The molecular weight excluding hydrogens is 462 g/mol. The van der Waals surface area contributed by atoms with Crippen molar-refractivity contribution in [3.63, 3.8) is 0 Å². The van der Waals surface area contributed by atoms with Crippen LogP contribution in [-0.4, -0.2) is 32.4 Å². The summed E-state index contributed by atoms with van der Waals surface area (Å²) in [5.41, 5.74) is 0. The first-order valence-electron chi connectivity index (χ1n) is 11.4. The predicted octanol–water partition coefficient (Wildman–Crippen LogP) is 5.44. The van der Waals surface area contributed by atoms with Gasteiger partial charge < -0.3 is 0 Å². The molecule has 0 radical (unpaired) electrons. The zero-order valence-electron chi connectivity index (χ0n) is 19.0. The van der Waals surface area contributed by atoms with Gasteiger partial charge in [0.05, 0.1) is 9.79 Å². The number of sulfone groups is 2. The molecule has 0 amide bonds. The number of nitrogens with zero attached hydrogens (tertiary/aromatic N) is 1. The van der Waals surface area contributed by atoms with E-state index in [0.29, 0.717) is 6.42 Å². The van der Waals surface area contributed by atoms with Crippen LogP contribution in [0.5, 0.6) is 0 Å². The molecule has 0 bridgehead atoms. The number of hydrogen-bond donors (Lipinski definition) is 0. The second-order valence-electron chi connectivity index (χ2n) is 8.23. The van der Waals surface area contributed by atoms with Crippen molar-refractivity contribution in [3.05, 3.63) is 70.8 Å². The zero-order valence-corrected chi connectivity index (χ0v) is 20.6. The second-order valence-corrected chi connectivity index (χ2v) is 12.8. The molecule has 0 aliphatic rings. The minimum atomic E-state index is -4.37. The molecule has 2 aromatic rings. The lowest BCUT2D eigenvalue weighted by Crippen LogP contribution is -2.36. The van der Waals surface area contributed by atoms with Gasteiger partial charge in [-0.2, -0.15) is 0 Å². The quantitative estimate of drug-likeness (QED) is 0.185. The van der Waals surface area contributed by atoms with Crippen molar-refractivity contribution in [2.75, 3.05) is 0 Å². The van der Waals surface area contributed by atoms with Crippen LogP contribution in [0.25, 0.3) is 0 Å². The average Bonchev–Trinajstić information content (AvgIpc) is 2.81. The van der Waals surface area contributed by atoms with Crippen LogP contribution in [0.15, 0.2) is 70.5 Å². The van der Waals surface area contributed by atoms with E-state index in [2.05, 4.69) is 6.92 Å². The molecule has 0 saturated heterocycles. The van der Waals surface area contributed by atoms with Crippen molar-refractivity contribution in [2.45, 2.75) is 85.1 Å². The van der Waals surface area contributed by atoms with E-state index in [0.717, 1.165) is 38.5 Å². The van der Waals surface area contributed by atoms with E-state index in [9.17, 15) is 26.9 Å². The van der Waals surface area contributed by atoms with Gasteiger partial charge in [-0.3, -0.25) is 10.1 Å². The molecule has 0 aliphatic heterocycles. The SMILES string of the molecule is CCCCCCCCC[C@H](CC(S(=O)(=O)c1ccccc1)S(=O)(=O)c1ccccc1)[N+](=O)[O-]. The summed E-state index contributed by atoms with van der Waals surface area (Å²) in [5.74, 6) is 0. The van der Waals surface area contributed by atoms with Crippen molar-refractivity contribution < 1.29 is 21.8 Å². The van der Waals surface area contributed by atoms with Gasteiger partial charge in [0.25, 0.3) is 0 Å². The highest BCUT2D eigenvalue weighted by molar-refractivity contribution is 8.09. The summed E-state index contributed by atoms with van der Waals surface area (Å²) in [6, 6.07) is 13.3. The maximum atomic E-state index is 13.4. The van der Waals surface area contributed by atoms with Crippen LogP contribution >= 0.6 is 0 Å². The van der Waals surface area contributed by atoms with Gasteiger partial charge in [-0.1, -0.05) is 81.8 Å². The lowest BCUT2D eigenvalue weighted by Gasteiger charge is -2.20. The van der Waals surface area contributed by atoms with E-state index < -0.39 is 41.6 Å². The number of hydrogen-bond acceptors (Lipinski definition) is 6. The molecule has 1 atom stereocenters. The van der Waals surface area contributed by atoms with Gasteiger partial charge in [-0.05, 0) is 30.7 Å². The average molecular weight is 496 g/mol. The Kier molecular flexibility index (Phi) is 10.5. The van der Waals surface area contributed by atoms with Crippen molar-refractivity contribution >= 4 is 19.7 Å². The molecule has 2 aromatic carbocycles. The third-order valence-electron chi connectivity index (χ3n) is 5.74. The lowest BCUT2D eigenvalue weighted by atomic mass is 10.0. The number of rotatable bonds is 15. The van der Waals surface area contributed by atoms with Crippen molar-refractivity contribution in [1.29, 1.82) is 0 Å². The largest absolute Gasteiger partial charge is 0.264 e. The fourth-order valence-electron chi connectivity index (χ4n) is 3.81. The fraction of sp³-hybridized carbons (Fsp3) is 0.500. The number of benzene rings is 2. The first-order valence-corrected chi connectivity index (χ1v) is 14.5.